The summed E-state index contributed by atoms with van der Waals surface area (Å²) in [6.07, 6.45) is 7.00. The number of aromatic amines is 2. The number of ether oxygens (including phenoxy) is 2. The molecule has 1 saturated carbocycles. The van der Waals surface area contributed by atoms with Gasteiger partial charge in [-0.2, -0.15) is 0 Å². The minimum Gasteiger partial charge on any atom is -0.453 e. The Bertz CT molecular complexity index is 2390. The Morgan fingerprint density at radius 3 is 1.88 bits per heavy atom. The van der Waals surface area contributed by atoms with Crippen molar-refractivity contribution in [2.24, 2.45) is 17.8 Å². The second-order valence-corrected chi connectivity index (χ2v) is 17.0. The number of likely N-dealkylation sites (tertiary alicyclic amines) is 2. The number of methoxy groups -OCH3 is 2. The minimum atomic E-state index is -0.688. The standard InChI is InChI=1S/C46H54N8O6/c1-25(2)38(51-45(57)59-5)43(55)53-19-7-8-37(53)41-47-24-36(49-41)32-16-15-30-20-29(13-14-31(30)21-32)27-9-11-28(12-10-27)35-23-48-42(50-35)40-33-17-18-34(22-33)54(40)44(56)39(26(3)4)52-46(58)60-6/h9-16,20-21,23-26,33-34,37-40H,7-8,17-19,22H2,1-6H3,(H,47,49)(H,48,50)(H,51,57)(H,52,58)/t33-,34+,37+,38+,39+,40+/m1/s1. The molecule has 4 heterocycles. The number of hydrogen-bond acceptors (Lipinski definition) is 8. The number of fused-ring (bicyclic) bond motifs is 3. The highest BCUT2D eigenvalue weighted by atomic mass is 16.5. The van der Waals surface area contributed by atoms with Gasteiger partial charge in [-0.3, -0.25) is 9.59 Å². The van der Waals surface area contributed by atoms with Gasteiger partial charge in [0.05, 0.1) is 50.1 Å². The van der Waals surface area contributed by atoms with Crippen molar-refractivity contribution >= 4 is 34.8 Å². The predicted octanol–water partition coefficient (Wildman–Crippen LogP) is 7.76. The molecule has 314 valence electrons. The molecule has 0 radical (unpaired) electrons. The zero-order valence-electron chi connectivity index (χ0n) is 35.0. The number of amides is 4. The number of piperidine rings is 1. The van der Waals surface area contributed by atoms with Crippen LogP contribution in [0.1, 0.15) is 83.5 Å². The largest absolute Gasteiger partial charge is 0.453 e. The fraction of sp³-hybridized carbons (Fsp3) is 0.435. The van der Waals surface area contributed by atoms with Gasteiger partial charge in [-0.1, -0.05) is 76.2 Å². The average Bonchev–Trinajstić information content (AvgIpc) is 4.12. The van der Waals surface area contributed by atoms with E-state index in [2.05, 4.69) is 81.3 Å². The van der Waals surface area contributed by atoms with Gasteiger partial charge in [-0.25, -0.2) is 19.6 Å². The van der Waals surface area contributed by atoms with Gasteiger partial charge >= 0.3 is 12.2 Å². The van der Waals surface area contributed by atoms with Crippen molar-refractivity contribution < 1.29 is 28.7 Å². The van der Waals surface area contributed by atoms with Crippen molar-refractivity contribution in [3.63, 3.8) is 0 Å². The summed E-state index contributed by atoms with van der Waals surface area (Å²) in [6.45, 7) is 8.27. The van der Waals surface area contributed by atoms with E-state index in [9.17, 15) is 19.2 Å². The summed E-state index contributed by atoms with van der Waals surface area (Å²) in [6, 6.07) is 19.6. The summed E-state index contributed by atoms with van der Waals surface area (Å²) in [5.41, 5.74) is 5.93. The molecule has 2 bridgehead atoms. The Kier molecular flexibility index (Phi) is 11.4. The molecule has 2 aromatic heterocycles. The molecule has 4 amide bonds. The van der Waals surface area contributed by atoms with Crippen molar-refractivity contribution in [1.29, 1.82) is 0 Å². The molecular formula is C46H54N8O6. The molecule has 14 heteroatoms. The van der Waals surface area contributed by atoms with Gasteiger partial charge in [-0.15, -0.1) is 0 Å². The second-order valence-electron chi connectivity index (χ2n) is 17.0. The summed E-state index contributed by atoms with van der Waals surface area (Å²) >= 11 is 0. The number of nitrogens with zero attached hydrogens (tertiary/aromatic N) is 4. The molecule has 0 spiro atoms. The molecule has 3 fully saturated rings. The molecule has 2 saturated heterocycles. The van der Waals surface area contributed by atoms with Crippen molar-refractivity contribution in [3.05, 3.63) is 84.7 Å². The van der Waals surface area contributed by atoms with Crippen molar-refractivity contribution in [1.82, 2.24) is 40.4 Å². The molecule has 60 heavy (non-hydrogen) atoms. The lowest BCUT2D eigenvalue weighted by molar-refractivity contribution is -0.139. The molecule has 8 rings (SSSR count). The lowest BCUT2D eigenvalue weighted by Gasteiger charge is -2.37. The summed E-state index contributed by atoms with van der Waals surface area (Å²) in [5, 5.41) is 7.66. The van der Waals surface area contributed by atoms with Gasteiger partial charge in [-0.05, 0) is 89.5 Å². The molecule has 3 aromatic carbocycles. The maximum absolute atomic E-state index is 13.9. The lowest BCUT2D eigenvalue weighted by Crippen LogP contribution is -2.54. The molecule has 14 nitrogen and oxygen atoms in total. The van der Waals surface area contributed by atoms with E-state index in [1.54, 1.807) is 0 Å². The number of H-pyrrole nitrogens is 2. The molecule has 2 aliphatic heterocycles. The van der Waals surface area contributed by atoms with Crippen LogP contribution in [0.5, 0.6) is 0 Å². The molecule has 3 aliphatic rings. The van der Waals surface area contributed by atoms with E-state index in [0.29, 0.717) is 12.5 Å². The first-order valence-electron chi connectivity index (χ1n) is 21.0. The fourth-order valence-corrected chi connectivity index (χ4v) is 9.43. The van der Waals surface area contributed by atoms with Gasteiger partial charge in [0.15, 0.2) is 0 Å². The molecule has 0 unspecified atom stereocenters. The fourth-order valence-electron chi connectivity index (χ4n) is 9.43. The van der Waals surface area contributed by atoms with E-state index in [1.165, 1.54) is 14.2 Å². The topological polar surface area (TPSA) is 175 Å². The van der Waals surface area contributed by atoms with Gasteiger partial charge < -0.3 is 39.9 Å². The molecule has 5 aromatic rings. The van der Waals surface area contributed by atoms with Gasteiger partial charge in [0.25, 0.3) is 0 Å². The van der Waals surface area contributed by atoms with E-state index in [-0.39, 0.29) is 41.8 Å². The number of rotatable bonds is 11. The highest BCUT2D eigenvalue weighted by molar-refractivity contribution is 5.91. The van der Waals surface area contributed by atoms with E-state index in [0.717, 1.165) is 88.2 Å². The zero-order valence-corrected chi connectivity index (χ0v) is 35.0. The number of carbonyl (C=O) groups is 4. The first-order valence-corrected chi connectivity index (χ1v) is 21.0. The first kappa shape index (κ1) is 40.6. The summed E-state index contributed by atoms with van der Waals surface area (Å²) in [4.78, 5) is 72.0. The van der Waals surface area contributed by atoms with Crippen LogP contribution in [0.15, 0.2) is 73.1 Å². The van der Waals surface area contributed by atoms with E-state index in [1.807, 2.05) is 49.9 Å². The van der Waals surface area contributed by atoms with Crippen molar-refractivity contribution in [2.45, 2.75) is 90.0 Å². The highest BCUT2D eigenvalue weighted by Crippen LogP contribution is 2.50. The molecule has 4 N–H and O–H groups in total. The van der Waals surface area contributed by atoms with Crippen LogP contribution in [0.4, 0.5) is 9.59 Å². The second kappa shape index (κ2) is 16.8. The summed E-state index contributed by atoms with van der Waals surface area (Å²) in [5.74, 6) is 1.38. The third kappa shape index (κ3) is 7.82. The Labute approximate surface area is 349 Å². The summed E-state index contributed by atoms with van der Waals surface area (Å²) in [7, 11) is 2.60. The number of benzene rings is 3. The average molecular weight is 815 g/mol. The Balaban J connectivity index is 0.954. The number of carbonyl (C=O) groups excluding carboxylic acids is 4. The number of alkyl carbamates (subject to hydrolysis) is 2. The van der Waals surface area contributed by atoms with Gasteiger partial charge in [0.2, 0.25) is 11.8 Å². The van der Waals surface area contributed by atoms with Crippen LogP contribution in [0.3, 0.4) is 0 Å². The zero-order chi connectivity index (χ0) is 42.2. The number of aromatic nitrogens is 4. The maximum atomic E-state index is 13.9. The smallest absolute Gasteiger partial charge is 0.407 e. The van der Waals surface area contributed by atoms with Gasteiger partial charge in [0.1, 0.15) is 23.7 Å². The summed E-state index contributed by atoms with van der Waals surface area (Å²) < 4.78 is 9.60. The van der Waals surface area contributed by atoms with Crippen molar-refractivity contribution in [3.8, 4) is 33.6 Å². The first-order chi connectivity index (χ1) is 28.9. The molecule has 6 atom stereocenters. The number of nitrogens with one attached hydrogen (secondary N) is 4. The lowest BCUT2D eigenvalue weighted by atomic mass is 9.95. The SMILES string of the molecule is COC(=O)N[C@H](C(=O)N1CCC[C@H]1c1ncc(-c2ccc3cc(-c4ccc(-c5cnc([C@@H]6[C@@H]7CC[C@@H](C7)N6C(=O)[C@@H](NC(=O)OC)C(C)C)[nH]5)cc4)ccc3c2)[nH]1)C(C)C. The van der Waals surface area contributed by atoms with E-state index < -0.39 is 24.3 Å². The van der Waals surface area contributed by atoms with Crippen LogP contribution in [0, 0.1) is 17.8 Å². The predicted molar refractivity (Wildman–Crippen MR) is 227 cm³/mol. The Morgan fingerprint density at radius 1 is 0.683 bits per heavy atom. The van der Waals surface area contributed by atoms with Crippen LogP contribution in [-0.4, -0.2) is 92.6 Å². The minimum absolute atomic E-state index is 0.0918. The van der Waals surface area contributed by atoms with Crippen molar-refractivity contribution in [2.75, 3.05) is 20.8 Å². The monoisotopic (exact) mass is 814 g/mol. The quantitative estimate of drug-likeness (QED) is 0.105. The van der Waals surface area contributed by atoms with Gasteiger partial charge in [0, 0.05) is 18.2 Å². The molecule has 1 aliphatic carbocycles. The highest BCUT2D eigenvalue weighted by Gasteiger charge is 2.51. The third-order valence-corrected chi connectivity index (χ3v) is 12.6. The Hall–Kier alpha value is -6.18. The number of hydrogen-bond donors (Lipinski definition) is 4. The van der Waals surface area contributed by atoms with E-state index >= 15 is 0 Å². The molecular weight excluding hydrogens is 761 g/mol. The van der Waals surface area contributed by atoms with Crippen LogP contribution >= 0.6 is 0 Å². The van der Waals surface area contributed by atoms with E-state index in [4.69, 9.17) is 19.4 Å². The normalized spacial score (nSPS) is 20.8. The maximum Gasteiger partial charge on any atom is 0.407 e. The van der Waals surface area contributed by atoms with Crippen LogP contribution in [0.2, 0.25) is 0 Å². The third-order valence-electron chi connectivity index (χ3n) is 12.6. The Morgan fingerprint density at radius 2 is 1.23 bits per heavy atom. The van der Waals surface area contributed by atoms with Crippen LogP contribution < -0.4 is 10.6 Å². The number of imidazole rings is 2. The van der Waals surface area contributed by atoms with Crippen LogP contribution in [-0.2, 0) is 19.1 Å². The van der Waals surface area contributed by atoms with Crippen LogP contribution in [0.25, 0.3) is 44.4 Å².